The van der Waals surface area contributed by atoms with Crippen molar-refractivity contribution in [2.45, 2.75) is 231 Å². The molecule has 0 aliphatic heterocycles. The third kappa shape index (κ3) is 19.2. The van der Waals surface area contributed by atoms with E-state index in [9.17, 15) is 0 Å². The van der Waals surface area contributed by atoms with E-state index in [1.165, 1.54) is 203 Å². The number of H-pyrrole nitrogens is 1. The lowest BCUT2D eigenvalue weighted by atomic mass is 9.66. The lowest BCUT2D eigenvalue weighted by Crippen LogP contribution is -2.43. The minimum absolute atomic E-state index is 0.00121. The van der Waals surface area contributed by atoms with Crippen LogP contribution in [0.2, 0.25) is 0 Å². The van der Waals surface area contributed by atoms with E-state index < -0.39 is 0 Å². The molecular weight excluding hydrogens is 641 g/mol. The fourth-order valence-electron chi connectivity index (χ4n) is 8.91. The predicted octanol–water partition coefficient (Wildman–Crippen LogP) is 15.9. The number of hydrogen-bond acceptors (Lipinski definition) is 0. The Labute approximate surface area is 329 Å². The number of nitrogens with one attached hydrogen (secondary N) is 1. The first-order valence-electron chi connectivity index (χ1n) is 23.3. The molecule has 3 aromatic rings. The Morgan fingerprint density at radius 2 is 0.887 bits per heavy atom. The first-order valence-corrected chi connectivity index (χ1v) is 23.3. The maximum atomic E-state index is 3.83. The average molecular weight is 726 g/mol. The molecule has 0 bridgehead atoms. The Morgan fingerprint density at radius 3 is 1.34 bits per heavy atom. The van der Waals surface area contributed by atoms with Crippen molar-refractivity contribution in [1.29, 1.82) is 0 Å². The summed E-state index contributed by atoms with van der Waals surface area (Å²) < 4.78 is 2.60. The maximum Gasteiger partial charge on any atom is 0.258 e. The van der Waals surface area contributed by atoms with Crippen LogP contribution in [0.15, 0.2) is 73.1 Å². The molecule has 0 amide bonds. The molecule has 3 rings (SSSR count). The van der Waals surface area contributed by atoms with E-state index in [4.69, 9.17) is 0 Å². The van der Waals surface area contributed by atoms with Crippen LogP contribution in [-0.2, 0) is 18.4 Å². The van der Waals surface area contributed by atoms with Crippen molar-refractivity contribution in [3.05, 3.63) is 90.0 Å². The number of nitrogens with zero attached hydrogens (tertiary/aromatic N) is 1. The molecule has 0 aliphatic carbocycles. The molecule has 0 fully saturated rings. The third-order valence-corrected chi connectivity index (χ3v) is 12.3. The number of unbranched alkanes of at least 4 members (excludes halogenated alkanes) is 26. The molecule has 0 saturated heterocycles. The molecule has 0 saturated carbocycles. The molecule has 2 atom stereocenters. The second kappa shape index (κ2) is 29.9. The van der Waals surface area contributed by atoms with Gasteiger partial charge >= 0.3 is 0 Å². The van der Waals surface area contributed by atoms with Crippen LogP contribution >= 0.6 is 0 Å². The smallest absolute Gasteiger partial charge is 0.247 e. The molecule has 1 heterocycles. The summed E-state index contributed by atoms with van der Waals surface area (Å²) in [4.78, 5) is 3.83. The van der Waals surface area contributed by atoms with Crippen LogP contribution in [-0.4, -0.2) is 4.98 Å². The van der Waals surface area contributed by atoms with E-state index in [-0.39, 0.29) is 5.41 Å². The number of imidazole rings is 1. The number of hydrogen-bond donors (Lipinski definition) is 1. The molecule has 1 aromatic heterocycles. The van der Waals surface area contributed by atoms with Gasteiger partial charge in [0.1, 0.15) is 12.4 Å². The first kappa shape index (κ1) is 45.0. The van der Waals surface area contributed by atoms with Crippen molar-refractivity contribution in [2.75, 3.05) is 0 Å². The van der Waals surface area contributed by atoms with Gasteiger partial charge in [-0.3, -0.25) is 0 Å². The minimum atomic E-state index is 0.00121. The quantitative estimate of drug-likeness (QED) is 0.0460. The van der Waals surface area contributed by atoms with Crippen LogP contribution in [0.5, 0.6) is 0 Å². The van der Waals surface area contributed by atoms with Gasteiger partial charge in [0.15, 0.2) is 0 Å². The minimum Gasteiger partial charge on any atom is -0.247 e. The molecular formula is C51H85N2+. The molecule has 53 heavy (non-hydrogen) atoms. The Bertz CT molecular complexity index is 1220. The van der Waals surface area contributed by atoms with Crippen LogP contribution in [0.1, 0.15) is 230 Å². The molecule has 2 unspecified atom stereocenters. The standard InChI is InChI=1S/C51H84N2/c1-4-6-8-10-12-14-16-18-19-20-22-24-26-28-36-42-49(51(3,48-40-34-31-35-41-48)46-47-38-32-30-33-39-47)50-52-43-45-53(50)44-37-29-27-25-23-21-17-15-13-11-9-7-5-2/h30-35,38-41,43,45,49H,4-29,36-37,42,44,46H2,1-3H3/p+1. The van der Waals surface area contributed by atoms with E-state index >= 15 is 0 Å². The van der Waals surface area contributed by atoms with E-state index in [2.05, 4.69) is 103 Å². The number of benzene rings is 2. The van der Waals surface area contributed by atoms with Crippen LogP contribution in [0.4, 0.5) is 0 Å². The monoisotopic (exact) mass is 726 g/mol. The predicted molar refractivity (Wildman–Crippen MR) is 233 cm³/mol. The summed E-state index contributed by atoms with van der Waals surface area (Å²) in [6.45, 7) is 8.30. The van der Waals surface area contributed by atoms with Crippen LogP contribution in [0, 0.1) is 0 Å². The van der Waals surface area contributed by atoms with Crippen molar-refractivity contribution in [1.82, 2.24) is 4.98 Å². The highest BCUT2D eigenvalue weighted by atomic mass is 15.1. The summed E-state index contributed by atoms with van der Waals surface area (Å²) in [7, 11) is 0. The molecule has 1 N–H and O–H groups in total. The summed E-state index contributed by atoms with van der Waals surface area (Å²) in [5.74, 6) is 1.88. The van der Waals surface area contributed by atoms with E-state index in [1.807, 2.05) is 0 Å². The molecule has 2 heteroatoms. The zero-order valence-electron chi connectivity index (χ0n) is 35.4. The van der Waals surface area contributed by atoms with Gasteiger partial charge in [-0.15, -0.1) is 0 Å². The number of aryl methyl sites for hydroxylation is 1. The zero-order valence-corrected chi connectivity index (χ0v) is 35.4. The summed E-state index contributed by atoms with van der Waals surface area (Å²) in [6.07, 6.45) is 46.3. The van der Waals surface area contributed by atoms with Gasteiger partial charge in [-0.05, 0) is 36.8 Å². The van der Waals surface area contributed by atoms with E-state index in [0.717, 1.165) is 13.0 Å². The topological polar surface area (TPSA) is 19.7 Å². The Kier molecular flexibility index (Phi) is 25.4. The van der Waals surface area contributed by atoms with Crippen molar-refractivity contribution in [2.24, 2.45) is 0 Å². The fourth-order valence-corrected chi connectivity index (χ4v) is 8.91. The lowest BCUT2D eigenvalue weighted by Gasteiger charge is -2.37. The number of aromatic amines is 1. The Hall–Kier alpha value is -2.35. The Balaban J connectivity index is 1.51. The first-order chi connectivity index (χ1) is 26.2. The Morgan fingerprint density at radius 1 is 0.491 bits per heavy atom. The second-order valence-corrected chi connectivity index (χ2v) is 17.0. The highest BCUT2D eigenvalue weighted by Gasteiger charge is 2.42. The zero-order chi connectivity index (χ0) is 37.5. The second-order valence-electron chi connectivity index (χ2n) is 17.0. The highest BCUT2D eigenvalue weighted by Crippen LogP contribution is 2.43. The summed E-state index contributed by atoms with van der Waals surface area (Å²) in [5.41, 5.74) is 2.91. The summed E-state index contributed by atoms with van der Waals surface area (Å²) in [5, 5.41) is 0. The fraction of sp³-hybridized carbons (Fsp3) is 0.706. The summed E-state index contributed by atoms with van der Waals surface area (Å²) >= 11 is 0. The van der Waals surface area contributed by atoms with Gasteiger partial charge in [-0.25, -0.2) is 9.55 Å². The molecule has 0 spiro atoms. The van der Waals surface area contributed by atoms with Gasteiger partial charge in [0.2, 0.25) is 0 Å². The van der Waals surface area contributed by atoms with Gasteiger partial charge in [-0.1, -0.05) is 248 Å². The number of rotatable bonds is 35. The average Bonchev–Trinajstić information content (AvgIpc) is 3.65. The molecule has 2 aromatic carbocycles. The highest BCUT2D eigenvalue weighted by molar-refractivity contribution is 5.32. The third-order valence-electron chi connectivity index (χ3n) is 12.3. The van der Waals surface area contributed by atoms with Gasteiger partial charge in [-0.2, -0.15) is 0 Å². The van der Waals surface area contributed by atoms with Crippen LogP contribution in [0.25, 0.3) is 0 Å². The van der Waals surface area contributed by atoms with Crippen molar-refractivity contribution in [3.63, 3.8) is 0 Å². The van der Waals surface area contributed by atoms with Gasteiger partial charge in [0.25, 0.3) is 5.82 Å². The lowest BCUT2D eigenvalue weighted by molar-refractivity contribution is -0.705. The van der Waals surface area contributed by atoms with E-state index in [1.54, 1.807) is 0 Å². The maximum absolute atomic E-state index is 3.83. The molecule has 2 nitrogen and oxygen atoms in total. The molecule has 0 radical (unpaired) electrons. The van der Waals surface area contributed by atoms with Crippen LogP contribution in [0.3, 0.4) is 0 Å². The van der Waals surface area contributed by atoms with Crippen molar-refractivity contribution in [3.8, 4) is 0 Å². The molecule has 298 valence electrons. The normalized spacial score (nSPS) is 13.3. The number of aromatic nitrogens is 2. The van der Waals surface area contributed by atoms with Crippen molar-refractivity contribution >= 4 is 0 Å². The van der Waals surface area contributed by atoms with Gasteiger partial charge in [0.05, 0.1) is 12.5 Å². The van der Waals surface area contributed by atoms with Gasteiger partial charge in [0, 0.05) is 5.41 Å². The van der Waals surface area contributed by atoms with Gasteiger partial charge < -0.3 is 0 Å². The van der Waals surface area contributed by atoms with E-state index in [0.29, 0.717) is 5.92 Å². The summed E-state index contributed by atoms with van der Waals surface area (Å²) in [6, 6.07) is 22.7. The largest absolute Gasteiger partial charge is 0.258 e. The van der Waals surface area contributed by atoms with Crippen molar-refractivity contribution < 1.29 is 4.57 Å². The van der Waals surface area contributed by atoms with Crippen LogP contribution < -0.4 is 4.57 Å². The molecule has 0 aliphatic rings. The SMILES string of the molecule is CCCCCCCCCCCCCCCCCC(c1[nH]cc[n+]1CCCCCCCCCCCCCCC)C(C)(Cc1ccccc1)c1ccccc1.